The average Bonchev–Trinajstić information content (AvgIpc) is 2.40. The van der Waals surface area contributed by atoms with Crippen LogP contribution in [0, 0.1) is 0 Å². The summed E-state index contributed by atoms with van der Waals surface area (Å²) < 4.78 is 5.88. The van der Waals surface area contributed by atoms with E-state index in [2.05, 4.69) is 41.0 Å². The second kappa shape index (κ2) is 5.43. The normalized spacial score (nSPS) is 11.2. The minimum absolute atomic E-state index is 0.113. The third kappa shape index (κ3) is 3.31. The highest BCUT2D eigenvalue weighted by Crippen LogP contribution is 2.36. The van der Waals surface area contributed by atoms with E-state index in [0.29, 0.717) is 17.3 Å². The molecule has 0 aliphatic rings. The Labute approximate surface area is 123 Å². The van der Waals surface area contributed by atoms with Crippen molar-refractivity contribution in [3.8, 4) is 11.5 Å². The molecule has 0 fully saturated rings. The molecule has 0 radical (unpaired) electrons. The Hall–Kier alpha value is -2.57. The summed E-state index contributed by atoms with van der Waals surface area (Å²) in [5.41, 5.74) is 12.1. The van der Waals surface area contributed by atoms with Crippen LogP contribution in [0.3, 0.4) is 0 Å². The summed E-state index contributed by atoms with van der Waals surface area (Å²) in [5, 5.41) is 2.98. The molecule has 7 nitrogen and oxygen atoms in total. The number of aromatic nitrogens is 3. The first-order valence-corrected chi connectivity index (χ1v) is 6.55. The van der Waals surface area contributed by atoms with Gasteiger partial charge in [-0.2, -0.15) is 4.98 Å². The number of ether oxygens (including phenoxy) is 1. The minimum atomic E-state index is -0.127. The van der Waals surface area contributed by atoms with Gasteiger partial charge in [0.15, 0.2) is 11.6 Å². The maximum Gasteiger partial charge on any atom is 0.222 e. The highest BCUT2D eigenvalue weighted by molar-refractivity contribution is 5.53. The fraction of sp³-hybridized carbons (Fsp3) is 0.357. The van der Waals surface area contributed by atoms with Crippen LogP contribution in [0.2, 0.25) is 0 Å². The number of anilines is 3. The average molecular weight is 288 g/mol. The van der Waals surface area contributed by atoms with Crippen LogP contribution in [0.1, 0.15) is 26.3 Å². The quantitative estimate of drug-likeness (QED) is 0.793. The molecule has 0 spiro atoms. The van der Waals surface area contributed by atoms with Crippen molar-refractivity contribution in [2.45, 2.75) is 26.2 Å². The molecule has 2 aromatic rings. The van der Waals surface area contributed by atoms with Crippen LogP contribution < -0.4 is 21.5 Å². The molecule has 0 unspecified atom stereocenters. The summed E-state index contributed by atoms with van der Waals surface area (Å²) in [4.78, 5) is 12.1. The fourth-order valence-electron chi connectivity index (χ4n) is 1.82. The standard InChI is InChI=1S/C14H20N6O/c1-14(2,3)8-6-18-11(17-4)5-9(8)21-10-7-19-13(16)20-12(10)15/h5-7H,1-4H3,(H,17,18)(H4,15,16,19,20). The van der Waals surface area contributed by atoms with Crippen LogP contribution in [0.15, 0.2) is 18.5 Å². The van der Waals surface area contributed by atoms with Crippen molar-refractivity contribution >= 4 is 17.6 Å². The molecular weight excluding hydrogens is 268 g/mol. The van der Waals surface area contributed by atoms with Gasteiger partial charge in [0.05, 0.1) is 6.20 Å². The van der Waals surface area contributed by atoms with Crippen molar-refractivity contribution < 1.29 is 4.74 Å². The Morgan fingerprint density at radius 3 is 2.38 bits per heavy atom. The second-order valence-electron chi connectivity index (χ2n) is 5.65. The van der Waals surface area contributed by atoms with Crippen LogP contribution in [-0.2, 0) is 5.41 Å². The zero-order chi connectivity index (χ0) is 15.6. The van der Waals surface area contributed by atoms with Crippen LogP contribution in [0.5, 0.6) is 11.5 Å². The molecule has 21 heavy (non-hydrogen) atoms. The summed E-state index contributed by atoms with van der Waals surface area (Å²) in [5.74, 6) is 2.03. The molecule has 2 aromatic heterocycles. The molecular formula is C14H20N6O. The van der Waals surface area contributed by atoms with Crippen LogP contribution in [0.4, 0.5) is 17.6 Å². The highest BCUT2D eigenvalue weighted by Gasteiger charge is 2.21. The smallest absolute Gasteiger partial charge is 0.222 e. The second-order valence-corrected chi connectivity index (χ2v) is 5.65. The minimum Gasteiger partial charge on any atom is -0.451 e. The van der Waals surface area contributed by atoms with Gasteiger partial charge in [-0.05, 0) is 5.41 Å². The zero-order valence-electron chi connectivity index (χ0n) is 12.6. The summed E-state index contributed by atoms with van der Waals surface area (Å²) in [6, 6.07) is 1.82. The number of nitrogens with one attached hydrogen (secondary N) is 1. The van der Waals surface area contributed by atoms with E-state index in [1.807, 2.05) is 6.07 Å². The van der Waals surface area contributed by atoms with Crippen molar-refractivity contribution in [3.05, 3.63) is 24.0 Å². The Bertz CT molecular complexity index is 650. The Balaban J connectivity index is 2.46. The molecule has 0 aliphatic heterocycles. The zero-order valence-corrected chi connectivity index (χ0v) is 12.6. The van der Waals surface area contributed by atoms with E-state index in [0.717, 1.165) is 5.56 Å². The van der Waals surface area contributed by atoms with Crippen molar-refractivity contribution in [2.24, 2.45) is 0 Å². The van der Waals surface area contributed by atoms with Crippen LogP contribution in [-0.4, -0.2) is 22.0 Å². The lowest BCUT2D eigenvalue weighted by Gasteiger charge is -2.22. The number of hydrogen-bond donors (Lipinski definition) is 3. The van der Waals surface area contributed by atoms with Crippen LogP contribution >= 0.6 is 0 Å². The van der Waals surface area contributed by atoms with Crippen molar-refractivity contribution in [2.75, 3.05) is 23.8 Å². The Morgan fingerprint density at radius 1 is 1.10 bits per heavy atom. The molecule has 2 rings (SSSR count). The molecule has 0 amide bonds. The van der Waals surface area contributed by atoms with Crippen LogP contribution in [0.25, 0.3) is 0 Å². The van der Waals surface area contributed by atoms with Gasteiger partial charge >= 0.3 is 0 Å². The first-order valence-electron chi connectivity index (χ1n) is 6.55. The maximum atomic E-state index is 5.88. The van der Waals surface area contributed by atoms with E-state index in [4.69, 9.17) is 16.2 Å². The summed E-state index contributed by atoms with van der Waals surface area (Å²) in [6.45, 7) is 6.25. The predicted molar refractivity (Wildman–Crippen MR) is 83.4 cm³/mol. The lowest BCUT2D eigenvalue weighted by molar-refractivity contribution is 0.453. The first kappa shape index (κ1) is 14.8. The molecule has 0 bridgehead atoms. The molecule has 0 atom stereocenters. The number of nitrogen functional groups attached to an aromatic ring is 2. The number of rotatable bonds is 3. The maximum absolute atomic E-state index is 5.88. The molecule has 0 saturated heterocycles. The molecule has 0 saturated carbocycles. The molecule has 2 heterocycles. The van der Waals surface area contributed by atoms with E-state index >= 15 is 0 Å². The van der Waals surface area contributed by atoms with Gasteiger partial charge in [0.25, 0.3) is 0 Å². The van der Waals surface area contributed by atoms with E-state index in [-0.39, 0.29) is 17.2 Å². The molecule has 5 N–H and O–H groups in total. The summed E-state index contributed by atoms with van der Waals surface area (Å²) in [6.07, 6.45) is 3.25. The predicted octanol–water partition coefficient (Wildman–Crippen LogP) is 2.17. The SMILES string of the molecule is CNc1cc(Oc2cnc(N)nc2N)c(C(C)(C)C)cn1. The van der Waals surface area contributed by atoms with Gasteiger partial charge in [-0.1, -0.05) is 20.8 Å². The van der Waals surface area contributed by atoms with Gasteiger partial charge in [0, 0.05) is 24.9 Å². The van der Waals surface area contributed by atoms with E-state index in [9.17, 15) is 0 Å². The molecule has 0 aliphatic carbocycles. The Morgan fingerprint density at radius 2 is 1.81 bits per heavy atom. The van der Waals surface area contributed by atoms with Gasteiger partial charge in [-0.25, -0.2) is 9.97 Å². The first-order chi connectivity index (χ1) is 9.81. The van der Waals surface area contributed by atoms with Gasteiger partial charge in [-0.3, -0.25) is 0 Å². The van der Waals surface area contributed by atoms with Crippen molar-refractivity contribution in [1.82, 2.24) is 15.0 Å². The van der Waals surface area contributed by atoms with E-state index in [1.165, 1.54) is 6.20 Å². The van der Waals surface area contributed by atoms with E-state index < -0.39 is 0 Å². The summed E-state index contributed by atoms with van der Waals surface area (Å²) >= 11 is 0. The molecule has 0 aromatic carbocycles. The van der Waals surface area contributed by atoms with Crippen molar-refractivity contribution in [3.63, 3.8) is 0 Å². The number of pyridine rings is 1. The van der Waals surface area contributed by atoms with Gasteiger partial charge in [-0.15, -0.1) is 0 Å². The number of nitrogens with zero attached hydrogens (tertiary/aromatic N) is 3. The number of hydrogen-bond acceptors (Lipinski definition) is 7. The Kier molecular flexibility index (Phi) is 3.84. The lowest BCUT2D eigenvalue weighted by atomic mass is 9.87. The monoisotopic (exact) mass is 288 g/mol. The lowest BCUT2D eigenvalue weighted by Crippen LogP contribution is -2.14. The van der Waals surface area contributed by atoms with Gasteiger partial charge < -0.3 is 21.5 Å². The van der Waals surface area contributed by atoms with Crippen molar-refractivity contribution in [1.29, 1.82) is 0 Å². The molecule has 7 heteroatoms. The highest BCUT2D eigenvalue weighted by atomic mass is 16.5. The van der Waals surface area contributed by atoms with Gasteiger partial charge in [0.1, 0.15) is 11.6 Å². The van der Waals surface area contributed by atoms with Gasteiger partial charge in [0.2, 0.25) is 5.95 Å². The largest absolute Gasteiger partial charge is 0.451 e. The third-order valence-corrected chi connectivity index (χ3v) is 2.95. The molecule has 112 valence electrons. The van der Waals surface area contributed by atoms with E-state index in [1.54, 1.807) is 13.2 Å². The fourth-order valence-corrected chi connectivity index (χ4v) is 1.82. The summed E-state index contributed by atoms with van der Waals surface area (Å²) in [7, 11) is 1.80. The third-order valence-electron chi connectivity index (χ3n) is 2.95. The topological polar surface area (TPSA) is 112 Å². The number of nitrogens with two attached hydrogens (primary N) is 2.